The van der Waals surface area contributed by atoms with Gasteiger partial charge in [0.25, 0.3) is 0 Å². The highest BCUT2D eigenvalue weighted by atomic mass is 15.1. The summed E-state index contributed by atoms with van der Waals surface area (Å²) in [4.78, 5) is 2.47. The number of hydrogen-bond donors (Lipinski definition) is 1. The highest BCUT2D eigenvalue weighted by Crippen LogP contribution is 2.62. The molecule has 2 heteroatoms. The molecular formula is C13H28N2. The van der Waals surface area contributed by atoms with E-state index in [1.54, 1.807) is 0 Å². The number of nitrogens with one attached hydrogen (secondary N) is 1. The summed E-state index contributed by atoms with van der Waals surface area (Å²) in [5.74, 6) is 0. The summed E-state index contributed by atoms with van der Waals surface area (Å²) in [5.41, 5.74) is 0.937. The molecule has 1 aliphatic carbocycles. The standard InChI is InChI=1S/C13H28N2/c1-7-15(8-2)10-9-14-11-12(3,4)13(11,5)6/h11,14H,7-10H2,1-6H3. The molecule has 1 N–H and O–H groups in total. The Morgan fingerprint density at radius 2 is 1.47 bits per heavy atom. The van der Waals surface area contributed by atoms with Gasteiger partial charge >= 0.3 is 0 Å². The van der Waals surface area contributed by atoms with Gasteiger partial charge in [0.2, 0.25) is 0 Å². The maximum atomic E-state index is 3.69. The van der Waals surface area contributed by atoms with Gasteiger partial charge in [0.15, 0.2) is 0 Å². The number of likely N-dealkylation sites (N-methyl/N-ethyl adjacent to an activating group) is 1. The first-order valence-corrected chi connectivity index (χ1v) is 6.33. The SMILES string of the molecule is CCN(CC)CCNC1C(C)(C)C1(C)C. The first-order valence-electron chi connectivity index (χ1n) is 6.33. The Bertz CT molecular complexity index is 191. The van der Waals surface area contributed by atoms with E-state index in [9.17, 15) is 0 Å². The van der Waals surface area contributed by atoms with Crippen molar-refractivity contribution in [2.24, 2.45) is 10.8 Å². The number of rotatable bonds is 6. The third-order valence-corrected chi connectivity index (χ3v) is 4.69. The molecule has 1 rings (SSSR count). The molecule has 15 heavy (non-hydrogen) atoms. The van der Waals surface area contributed by atoms with Gasteiger partial charge in [-0.1, -0.05) is 41.5 Å². The predicted molar refractivity (Wildman–Crippen MR) is 67.1 cm³/mol. The maximum absolute atomic E-state index is 3.69. The fourth-order valence-corrected chi connectivity index (χ4v) is 2.61. The summed E-state index contributed by atoms with van der Waals surface area (Å²) in [7, 11) is 0. The van der Waals surface area contributed by atoms with Crippen LogP contribution >= 0.6 is 0 Å². The van der Waals surface area contributed by atoms with E-state index < -0.39 is 0 Å². The molecule has 0 aliphatic heterocycles. The molecule has 0 aromatic rings. The third-order valence-electron chi connectivity index (χ3n) is 4.69. The second-order valence-corrected chi connectivity index (χ2v) is 5.86. The fraction of sp³-hybridized carbons (Fsp3) is 1.00. The lowest BCUT2D eigenvalue weighted by molar-refractivity contribution is 0.299. The molecular weight excluding hydrogens is 184 g/mol. The van der Waals surface area contributed by atoms with Crippen molar-refractivity contribution < 1.29 is 0 Å². The highest BCUT2D eigenvalue weighted by molar-refractivity contribution is 5.17. The number of hydrogen-bond acceptors (Lipinski definition) is 2. The lowest BCUT2D eigenvalue weighted by Gasteiger charge is -2.18. The van der Waals surface area contributed by atoms with Crippen molar-refractivity contribution in [2.75, 3.05) is 26.2 Å². The Morgan fingerprint density at radius 1 is 1.00 bits per heavy atom. The van der Waals surface area contributed by atoms with Crippen LogP contribution < -0.4 is 5.32 Å². The van der Waals surface area contributed by atoms with E-state index in [0.29, 0.717) is 16.9 Å². The molecule has 0 aromatic carbocycles. The summed E-state index contributed by atoms with van der Waals surface area (Å²) >= 11 is 0. The van der Waals surface area contributed by atoms with Gasteiger partial charge < -0.3 is 10.2 Å². The Labute approximate surface area is 95.4 Å². The minimum Gasteiger partial charge on any atom is -0.312 e. The Hall–Kier alpha value is -0.0800. The van der Waals surface area contributed by atoms with Crippen LogP contribution in [0.5, 0.6) is 0 Å². The zero-order valence-corrected chi connectivity index (χ0v) is 11.4. The van der Waals surface area contributed by atoms with Crippen LogP contribution in [0.1, 0.15) is 41.5 Å². The molecule has 1 saturated carbocycles. The van der Waals surface area contributed by atoms with E-state index in [-0.39, 0.29) is 0 Å². The van der Waals surface area contributed by atoms with Gasteiger partial charge in [-0.15, -0.1) is 0 Å². The van der Waals surface area contributed by atoms with Crippen LogP contribution in [0, 0.1) is 10.8 Å². The van der Waals surface area contributed by atoms with Crippen molar-refractivity contribution in [3.8, 4) is 0 Å². The van der Waals surface area contributed by atoms with E-state index in [1.807, 2.05) is 0 Å². The molecule has 0 spiro atoms. The normalized spacial score (nSPS) is 23.4. The Kier molecular flexibility index (Phi) is 3.83. The van der Waals surface area contributed by atoms with Crippen LogP contribution in [0.2, 0.25) is 0 Å². The fourth-order valence-electron chi connectivity index (χ4n) is 2.61. The molecule has 0 radical (unpaired) electrons. The maximum Gasteiger partial charge on any atom is 0.0181 e. The van der Waals surface area contributed by atoms with E-state index >= 15 is 0 Å². The minimum absolute atomic E-state index is 0.469. The van der Waals surface area contributed by atoms with Crippen molar-refractivity contribution in [1.29, 1.82) is 0 Å². The van der Waals surface area contributed by atoms with Crippen LogP contribution in [-0.4, -0.2) is 37.1 Å². The van der Waals surface area contributed by atoms with Crippen molar-refractivity contribution in [2.45, 2.75) is 47.6 Å². The second kappa shape index (κ2) is 4.42. The first kappa shape index (κ1) is 13.0. The number of nitrogens with zero attached hydrogens (tertiary/aromatic N) is 1. The molecule has 0 aromatic heterocycles. The topological polar surface area (TPSA) is 15.3 Å². The van der Waals surface area contributed by atoms with Crippen LogP contribution in [-0.2, 0) is 0 Å². The lowest BCUT2D eigenvalue weighted by Crippen LogP contribution is -2.34. The van der Waals surface area contributed by atoms with Gasteiger partial charge in [-0.25, -0.2) is 0 Å². The van der Waals surface area contributed by atoms with Gasteiger partial charge in [-0.2, -0.15) is 0 Å². The van der Waals surface area contributed by atoms with Crippen LogP contribution in [0.15, 0.2) is 0 Å². The molecule has 90 valence electrons. The van der Waals surface area contributed by atoms with Crippen LogP contribution in [0.3, 0.4) is 0 Å². The Balaban J connectivity index is 2.23. The van der Waals surface area contributed by atoms with Gasteiger partial charge in [-0.05, 0) is 23.9 Å². The molecule has 0 amide bonds. The van der Waals surface area contributed by atoms with Crippen LogP contribution in [0.4, 0.5) is 0 Å². The predicted octanol–water partition coefficient (Wildman–Crippen LogP) is 2.35. The van der Waals surface area contributed by atoms with Crippen molar-refractivity contribution in [3.05, 3.63) is 0 Å². The largest absolute Gasteiger partial charge is 0.312 e. The van der Waals surface area contributed by atoms with Crippen LogP contribution in [0.25, 0.3) is 0 Å². The molecule has 0 heterocycles. The molecule has 1 aliphatic rings. The van der Waals surface area contributed by atoms with Crippen molar-refractivity contribution in [1.82, 2.24) is 10.2 Å². The molecule has 0 atom stereocenters. The average molecular weight is 212 g/mol. The van der Waals surface area contributed by atoms with E-state index in [2.05, 4.69) is 51.8 Å². The lowest BCUT2D eigenvalue weighted by atomic mass is 10.0. The van der Waals surface area contributed by atoms with Gasteiger partial charge in [0.05, 0.1) is 0 Å². The average Bonchev–Trinajstić information content (AvgIpc) is 2.54. The third kappa shape index (κ3) is 2.36. The van der Waals surface area contributed by atoms with E-state index in [1.165, 1.54) is 6.54 Å². The minimum atomic E-state index is 0.469. The van der Waals surface area contributed by atoms with Gasteiger partial charge in [0.1, 0.15) is 0 Å². The first-order chi connectivity index (χ1) is 6.87. The van der Waals surface area contributed by atoms with Gasteiger partial charge in [0, 0.05) is 19.1 Å². The van der Waals surface area contributed by atoms with Crippen molar-refractivity contribution >= 4 is 0 Å². The summed E-state index contributed by atoms with van der Waals surface area (Å²) in [5, 5.41) is 3.69. The molecule has 1 fully saturated rings. The quantitative estimate of drug-likeness (QED) is 0.727. The zero-order valence-electron chi connectivity index (χ0n) is 11.4. The molecule has 2 nitrogen and oxygen atoms in total. The van der Waals surface area contributed by atoms with Gasteiger partial charge in [-0.3, -0.25) is 0 Å². The van der Waals surface area contributed by atoms with E-state index in [4.69, 9.17) is 0 Å². The molecule has 0 saturated heterocycles. The zero-order chi connectivity index (χ0) is 11.7. The van der Waals surface area contributed by atoms with Crippen molar-refractivity contribution in [3.63, 3.8) is 0 Å². The summed E-state index contributed by atoms with van der Waals surface area (Å²) in [6.45, 7) is 18.5. The Morgan fingerprint density at radius 3 is 1.80 bits per heavy atom. The second-order valence-electron chi connectivity index (χ2n) is 5.86. The van der Waals surface area contributed by atoms with E-state index in [0.717, 1.165) is 19.6 Å². The molecule has 0 bridgehead atoms. The highest BCUT2D eigenvalue weighted by Gasteiger charge is 2.64. The summed E-state index contributed by atoms with van der Waals surface area (Å²) in [6, 6.07) is 0.695. The molecule has 0 unspecified atom stereocenters. The summed E-state index contributed by atoms with van der Waals surface area (Å²) < 4.78 is 0. The monoisotopic (exact) mass is 212 g/mol. The summed E-state index contributed by atoms with van der Waals surface area (Å²) in [6.07, 6.45) is 0. The smallest absolute Gasteiger partial charge is 0.0181 e.